The van der Waals surface area contributed by atoms with Crippen molar-refractivity contribution in [1.29, 1.82) is 0 Å². The summed E-state index contributed by atoms with van der Waals surface area (Å²) in [7, 11) is 0. The van der Waals surface area contributed by atoms with Gasteiger partial charge in [-0.25, -0.2) is 0 Å². The molecule has 122 valence electrons. The Morgan fingerprint density at radius 2 is 1.36 bits per heavy atom. The third-order valence-corrected chi connectivity index (χ3v) is 3.62. The van der Waals surface area contributed by atoms with Gasteiger partial charge in [0.2, 0.25) is 0 Å². The second-order valence-electron chi connectivity index (χ2n) is 5.45. The molecule has 1 atom stereocenters. The molecule has 3 rings (SSSR count). The summed E-state index contributed by atoms with van der Waals surface area (Å²) in [5.41, 5.74) is 2.98. The van der Waals surface area contributed by atoms with Gasteiger partial charge in [-0.15, -0.1) is 0 Å². The van der Waals surface area contributed by atoms with Crippen LogP contribution >= 0.6 is 0 Å². The largest absolute Gasteiger partial charge is 0.382 e. The van der Waals surface area contributed by atoms with E-state index < -0.39 is 6.10 Å². The van der Waals surface area contributed by atoms with Crippen molar-refractivity contribution in [3.63, 3.8) is 0 Å². The van der Waals surface area contributed by atoms with Crippen LogP contribution in [0.1, 0.15) is 17.2 Å². The summed E-state index contributed by atoms with van der Waals surface area (Å²) in [5.74, 6) is 0. The van der Waals surface area contributed by atoms with Crippen molar-refractivity contribution in [1.82, 2.24) is 0 Å². The highest BCUT2D eigenvalue weighted by molar-refractivity contribution is 5.59. The Bertz CT molecular complexity index is 881. The number of nitrogens with zero attached hydrogens (tertiary/aromatic N) is 2. The lowest BCUT2D eigenvalue weighted by Gasteiger charge is -2.10. The number of para-hydroxylation sites is 1. The lowest BCUT2D eigenvalue weighted by atomic mass is 10.0. The minimum atomic E-state index is -0.847. The summed E-state index contributed by atoms with van der Waals surface area (Å²) in [4.78, 5) is 8.48. The van der Waals surface area contributed by atoms with E-state index in [-0.39, 0.29) is 0 Å². The summed E-state index contributed by atoms with van der Waals surface area (Å²) in [6.07, 6.45) is 0.991. The first kappa shape index (κ1) is 16.6. The van der Waals surface area contributed by atoms with Gasteiger partial charge in [-0.1, -0.05) is 78.9 Å². The maximum atomic E-state index is 10.7. The lowest BCUT2D eigenvalue weighted by Crippen LogP contribution is -1.99. The smallest absolute Gasteiger partial charge is 0.122 e. The molecule has 0 spiro atoms. The number of hydrogen-bond acceptors (Lipinski definition) is 3. The van der Waals surface area contributed by atoms with E-state index in [4.69, 9.17) is 0 Å². The number of aliphatic imine (C=N–C) groups is 2. The molecule has 3 nitrogen and oxygen atoms in total. The number of rotatable bonds is 5. The molecule has 0 saturated heterocycles. The maximum absolute atomic E-state index is 10.7. The minimum absolute atomic E-state index is 0.483. The molecule has 0 heterocycles. The van der Waals surface area contributed by atoms with E-state index in [0.29, 0.717) is 5.70 Å². The molecular weight excluding hydrogens is 308 g/mol. The first-order valence-electron chi connectivity index (χ1n) is 8.04. The number of hydrogen-bond donors (Lipinski definition) is 1. The van der Waals surface area contributed by atoms with Crippen LogP contribution in [0.25, 0.3) is 6.08 Å². The van der Waals surface area contributed by atoms with Crippen LogP contribution in [0.4, 0.5) is 5.69 Å². The van der Waals surface area contributed by atoms with E-state index in [2.05, 4.69) is 16.0 Å². The Morgan fingerprint density at radius 3 is 2.00 bits per heavy atom. The Kier molecular flexibility index (Phi) is 5.68. The summed E-state index contributed by atoms with van der Waals surface area (Å²) in [6.45, 7) is 0. The normalized spacial score (nSPS) is 12.1. The molecule has 0 aliphatic carbocycles. The van der Waals surface area contributed by atoms with Crippen LogP contribution in [0, 0.1) is 0 Å². The zero-order valence-electron chi connectivity index (χ0n) is 13.7. The van der Waals surface area contributed by atoms with Crippen LogP contribution < -0.4 is 0 Å². The highest BCUT2D eigenvalue weighted by Gasteiger charge is 2.12. The SMILES string of the molecule is OC(/C(=C/c1ccccc1)N=C=Nc1ccccc1)c1ccccc1. The Labute approximate surface area is 147 Å². The van der Waals surface area contributed by atoms with Crippen LogP contribution in [-0.4, -0.2) is 11.1 Å². The van der Waals surface area contributed by atoms with E-state index in [1.807, 2.05) is 97.1 Å². The molecule has 1 unspecified atom stereocenters. The van der Waals surface area contributed by atoms with Gasteiger partial charge in [-0.2, -0.15) is 9.98 Å². The van der Waals surface area contributed by atoms with E-state index in [1.165, 1.54) is 0 Å². The van der Waals surface area contributed by atoms with Crippen molar-refractivity contribution < 1.29 is 5.11 Å². The molecule has 0 aliphatic heterocycles. The fraction of sp³-hybridized carbons (Fsp3) is 0.0455. The highest BCUT2D eigenvalue weighted by atomic mass is 16.3. The third kappa shape index (κ3) is 4.85. The summed E-state index contributed by atoms with van der Waals surface area (Å²) in [5, 5.41) is 10.7. The van der Waals surface area contributed by atoms with Gasteiger partial charge in [0.05, 0.1) is 11.4 Å². The molecule has 0 radical (unpaired) electrons. The molecule has 0 aromatic heterocycles. The van der Waals surface area contributed by atoms with Gasteiger partial charge in [-0.05, 0) is 29.3 Å². The lowest BCUT2D eigenvalue weighted by molar-refractivity contribution is 0.215. The first-order valence-corrected chi connectivity index (χ1v) is 8.04. The van der Waals surface area contributed by atoms with Crippen LogP contribution in [0.3, 0.4) is 0 Å². The van der Waals surface area contributed by atoms with Crippen LogP contribution in [0.5, 0.6) is 0 Å². The minimum Gasteiger partial charge on any atom is -0.382 e. The number of benzene rings is 3. The average Bonchev–Trinajstić information content (AvgIpc) is 2.69. The van der Waals surface area contributed by atoms with Crippen molar-refractivity contribution in [2.24, 2.45) is 9.98 Å². The zero-order valence-corrected chi connectivity index (χ0v) is 13.7. The molecule has 3 aromatic rings. The molecule has 3 heteroatoms. The van der Waals surface area contributed by atoms with Crippen LogP contribution in [-0.2, 0) is 0 Å². The fourth-order valence-corrected chi connectivity index (χ4v) is 2.34. The van der Waals surface area contributed by atoms with Gasteiger partial charge in [0.25, 0.3) is 0 Å². The molecule has 0 fully saturated rings. The average molecular weight is 326 g/mol. The predicted octanol–water partition coefficient (Wildman–Crippen LogP) is 5.27. The molecule has 0 bridgehead atoms. The molecule has 3 aromatic carbocycles. The second kappa shape index (κ2) is 8.55. The van der Waals surface area contributed by atoms with Crippen LogP contribution in [0.15, 0.2) is 107 Å². The van der Waals surface area contributed by atoms with Gasteiger partial charge >= 0.3 is 0 Å². The standard InChI is InChI=1S/C22H18N2O/c25-22(19-12-6-2-7-13-19)21(16-18-10-4-1-5-11-18)24-17-23-20-14-8-3-9-15-20/h1-16,22,25H/b21-16-. The van der Waals surface area contributed by atoms with Crippen molar-refractivity contribution in [2.75, 3.05) is 0 Å². The fourth-order valence-electron chi connectivity index (χ4n) is 2.34. The highest BCUT2D eigenvalue weighted by Crippen LogP contribution is 2.24. The molecule has 25 heavy (non-hydrogen) atoms. The van der Waals surface area contributed by atoms with E-state index in [9.17, 15) is 5.11 Å². The molecular formula is C22H18N2O. The molecule has 0 saturated carbocycles. The Morgan fingerprint density at radius 1 is 0.800 bits per heavy atom. The maximum Gasteiger partial charge on any atom is 0.122 e. The van der Waals surface area contributed by atoms with E-state index in [1.54, 1.807) is 0 Å². The molecule has 0 amide bonds. The number of aliphatic hydroxyl groups excluding tert-OH is 1. The number of aliphatic hydroxyl groups is 1. The van der Waals surface area contributed by atoms with Crippen molar-refractivity contribution in [3.8, 4) is 0 Å². The Hall–Kier alpha value is -3.26. The van der Waals surface area contributed by atoms with Gasteiger partial charge in [-0.3, -0.25) is 0 Å². The predicted molar refractivity (Wildman–Crippen MR) is 102 cm³/mol. The Balaban J connectivity index is 1.95. The monoisotopic (exact) mass is 326 g/mol. The van der Waals surface area contributed by atoms with E-state index >= 15 is 0 Å². The van der Waals surface area contributed by atoms with Crippen LogP contribution in [0.2, 0.25) is 0 Å². The summed E-state index contributed by atoms with van der Waals surface area (Å²) >= 11 is 0. The zero-order chi connectivity index (χ0) is 17.3. The van der Waals surface area contributed by atoms with Crippen molar-refractivity contribution in [2.45, 2.75) is 6.10 Å². The van der Waals surface area contributed by atoms with Crippen molar-refractivity contribution >= 4 is 17.8 Å². The topological polar surface area (TPSA) is 45.0 Å². The van der Waals surface area contributed by atoms with Crippen molar-refractivity contribution in [3.05, 3.63) is 108 Å². The first-order chi connectivity index (χ1) is 12.3. The molecule has 0 aliphatic rings. The quantitative estimate of drug-likeness (QED) is 0.638. The van der Waals surface area contributed by atoms with Gasteiger partial charge in [0.1, 0.15) is 12.1 Å². The summed E-state index contributed by atoms with van der Waals surface area (Å²) < 4.78 is 0. The van der Waals surface area contributed by atoms with Gasteiger partial charge in [0, 0.05) is 0 Å². The van der Waals surface area contributed by atoms with Gasteiger partial charge < -0.3 is 5.11 Å². The summed E-state index contributed by atoms with van der Waals surface area (Å²) in [6, 6.07) is 31.4. The van der Waals surface area contributed by atoms with E-state index in [0.717, 1.165) is 16.8 Å². The third-order valence-electron chi connectivity index (χ3n) is 3.62. The molecule has 1 N–H and O–H groups in total. The van der Waals surface area contributed by atoms with Gasteiger partial charge in [0.15, 0.2) is 0 Å². The second-order valence-corrected chi connectivity index (χ2v) is 5.45.